The van der Waals surface area contributed by atoms with Crippen molar-refractivity contribution in [1.29, 1.82) is 0 Å². The minimum absolute atomic E-state index is 0.134. The fraction of sp³-hybridized carbons (Fsp3) is 0.970. The largest absolute Gasteiger partial charge is 0.394 e. The Bertz CT molecular complexity index is 637. The lowest BCUT2D eigenvalue weighted by atomic mass is 9.99. The van der Waals surface area contributed by atoms with Crippen LogP contribution in [-0.2, 0) is 14.3 Å². The van der Waals surface area contributed by atoms with Crippen molar-refractivity contribution in [3.63, 3.8) is 0 Å². The molecule has 1 amide bonds. The van der Waals surface area contributed by atoms with Gasteiger partial charge in [0, 0.05) is 6.42 Å². The predicted octanol–water partition coefficient (Wildman–Crippen LogP) is 4.88. The highest BCUT2D eigenvalue weighted by Crippen LogP contribution is 2.23. The third-order valence-electron chi connectivity index (χ3n) is 8.46. The van der Waals surface area contributed by atoms with Crippen LogP contribution >= 0.6 is 0 Å². The molecule has 9 nitrogen and oxygen atoms in total. The van der Waals surface area contributed by atoms with Crippen molar-refractivity contribution < 1.29 is 39.8 Å². The molecule has 250 valence electrons. The zero-order valence-corrected chi connectivity index (χ0v) is 26.8. The van der Waals surface area contributed by atoms with E-state index < -0.39 is 49.5 Å². The van der Waals surface area contributed by atoms with Gasteiger partial charge in [-0.15, -0.1) is 0 Å². The molecular formula is C33H65NO8. The van der Waals surface area contributed by atoms with Crippen LogP contribution in [0.25, 0.3) is 0 Å². The number of hydrogen-bond donors (Lipinski definition) is 6. The van der Waals surface area contributed by atoms with Crippen LogP contribution in [0.1, 0.15) is 149 Å². The Morgan fingerprint density at radius 3 is 1.69 bits per heavy atom. The number of carbonyl (C=O) groups is 1. The number of nitrogens with one attached hydrogen (secondary N) is 1. The van der Waals surface area contributed by atoms with Crippen molar-refractivity contribution in [2.75, 3.05) is 13.2 Å². The van der Waals surface area contributed by atoms with Gasteiger partial charge in [0.05, 0.1) is 25.4 Å². The molecule has 1 aliphatic rings. The summed E-state index contributed by atoms with van der Waals surface area (Å²) >= 11 is 0. The van der Waals surface area contributed by atoms with Crippen molar-refractivity contribution in [1.82, 2.24) is 5.32 Å². The molecule has 42 heavy (non-hydrogen) atoms. The van der Waals surface area contributed by atoms with Gasteiger partial charge in [-0.1, -0.05) is 129 Å². The van der Waals surface area contributed by atoms with Crippen molar-refractivity contribution in [2.24, 2.45) is 0 Å². The van der Waals surface area contributed by atoms with Gasteiger partial charge >= 0.3 is 0 Å². The van der Waals surface area contributed by atoms with Crippen molar-refractivity contribution >= 4 is 5.91 Å². The number of amides is 1. The molecule has 1 rings (SSSR count). The summed E-state index contributed by atoms with van der Waals surface area (Å²) < 4.78 is 11.1. The Labute approximate surface area is 255 Å². The van der Waals surface area contributed by atoms with Crippen LogP contribution in [0.15, 0.2) is 0 Å². The maximum Gasteiger partial charge on any atom is 0.220 e. The van der Waals surface area contributed by atoms with E-state index in [0.29, 0.717) is 12.8 Å². The van der Waals surface area contributed by atoms with Crippen LogP contribution < -0.4 is 5.32 Å². The minimum atomic E-state index is -1.54. The van der Waals surface area contributed by atoms with Crippen LogP contribution in [-0.4, -0.2) is 87.5 Å². The lowest BCUT2D eigenvalue weighted by Crippen LogP contribution is -2.60. The average Bonchev–Trinajstić information content (AvgIpc) is 2.98. The Kier molecular flexibility index (Phi) is 23.8. The summed E-state index contributed by atoms with van der Waals surface area (Å²) in [6.45, 7) is 3.75. The van der Waals surface area contributed by atoms with E-state index in [0.717, 1.165) is 38.5 Å². The second-order valence-electron chi connectivity index (χ2n) is 12.3. The molecule has 9 heteroatoms. The zero-order valence-electron chi connectivity index (χ0n) is 26.8. The molecule has 0 bridgehead atoms. The topological polar surface area (TPSA) is 149 Å². The third-order valence-corrected chi connectivity index (χ3v) is 8.46. The fourth-order valence-electron chi connectivity index (χ4n) is 5.57. The number of carbonyl (C=O) groups excluding carboxylic acids is 1. The predicted molar refractivity (Wildman–Crippen MR) is 166 cm³/mol. The molecule has 0 aliphatic carbocycles. The van der Waals surface area contributed by atoms with E-state index in [1.807, 2.05) is 0 Å². The van der Waals surface area contributed by atoms with E-state index in [2.05, 4.69) is 19.2 Å². The first kappa shape index (κ1) is 39.2. The summed E-state index contributed by atoms with van der Waals surface area (Å²) in [6.07, 6.45) is 15.5. The van der Waals surface area contributed by atoms with Gasteiger partial charge in [-0.05, 0) is 12.8 Å². The number of aliphatic hydroxyl groups is 5. The highest BCUT2D eigenvalue weighted by Gasteiger charge is 2.44. The Morgan fingerprint density at radius 1 is 0.714 bits per heavy atom. The van der Waals surface area contributed by atoms with Gasteiger partial charge in [0.15, 0.2) is 6.29 Å². The van der Waals surface area contributed by atoms with E-state index in [1.54, 1.807) is 0 Å². The van der Waals surface area contributed by atoms with Crippen molar-refractivity contribution in [3.05, 3.63) is 0 Å². The molecule has 1 aliphatic heterocycles. The smallest absolute Gasteiger partial charge is 0.220 e. The van der Waals surface area contributed by atoms with Crippen LogP contribution in [0.2, 0.25) is 0 Å². The summed E-state index contributed by atoms with van der Waals surface area (Å²) in [4.78, 5) is 12.7. The molecule has 1 saturated heterocycles. The molecule has 0 spiro atoms. The fourth-order valence-corrected chi connectivity index (χ4v) is 5.57. The first-order chi connectivity index (χ1) is 20.3. The molecule has 0 radical (unpaired) electrons. The second kappa shape index (κ2) is 25.5. The van der Waals surface area contributed by atoms with Crippen LogP contribution in [0.3, 0.4) is 0 Å². The quantitative estimate of drug-likeness (QED) is 0.0728. The molecule has 6 N–H and O–H groups in total. The maximum atomic E-state index is 12.7. The normalized spacial score (nSPS) is 24.0. The molecule has 7 atom stereocenters. The third kappa shape index (κ3) is 17.5. The number of hydrogen-bond acceptors (Lipinski definition) is 8. The van der Waals surface area contributed by atoms with Crippen molar-refractivity contribution in [2.45, 2.75) is 192 Å². The highest BCUT2D eigenvalue weighted by atomic mass is 16.7. The average molecular weight is 604 g/mol. The molecule has 1 fully saturated rings. The zero-order chi connectivity index (χ0) is 31.0. The van der Waals surface area contributed by atoms with Gasteiger partial charge in [0.25, 0.3) is 0 Å². The lowest BCUT2D eigenvalue weighted by molar-refractivity contribution is -0.302. The minimum Gasteiger partial charge on any atom is -0.394 e. The van der Waals surface area contributed by atoms with Crippen LogP contribution in [0.4, 0.5) is 0 Å². The maximum absolute atomic E-state index is 12.7. The first-order valence-corrected chi connectivity index (χ1v) is 17.2. The molecule has 7 unspecified atom stereocenters. The summed E-state index contributed by atoms with van der Waals surface area (Å²) in [7, 11) is 0. The number of unbranched alkanes of at least 4 members (excludes halogenated alkanes) is 17. The second-order valence-corrected chi connectivity index (χ2v) is 12.3. The first-order valence-electron chi connectivity index (χ1n) is 17.2. The summed E-state index contributed by atoms with van der Waals surface area (Å²) in [5, 5.41) is 53.7. The highest BCUT2D eigenvalue weighted by molar-refractivity contribution is 5.76. The monoisotopic (exact) mass is 603 g/mol. The molecule has 0 aromatic heterocycles. The standard InChI is InChI=1S/C33H65NO8/c1-3-5-7-9-11-13-14-15-16-18-20-22-27(36)26(34-29(37)23-21-19-17-12-10-8-6-4-2)25-41-33-32(40)31(39)30(38)28(24-35)42-33/h26-28,30-33,35-36,38-40H,3-25H2,1-2H3,(H,34,37). The van der Waals surface area contributed by atoms with Gasteiger partial charge in [-0.25, -0.2) is 0 Å². The summed E-state index contributed by atoms with van der Waals surface area (Å²) in [5.74, 6) is -0.152. The van der Waals surface area contributed by atoms with E-state index in [-0.39, 0.29) is 12.5 Å². The lowest BCUT2D eigenvalue weighted by Gasteiger charge is -2.40. The Balaban J connectivity index is 2.48. The molecule has 0 aromatic rings. The molecule has 1 heterocycles. The number of aliphatic hydroxyl groups excluding tert-OH is 5. The summed E-state index contributed by atoms with van der Waals surface area (Å²) in [6, 6.07) is -0.706. The van der Waals surface area contributed by atoms with Crippen LogP contribution in [0, 0.1) is 0 Å². The van der Waals surface area contributed by atoms with Gasteiger partial charge in [-0.2, -0.15) is 0 Å². The van der Waals surface area contributed by atoms with Gasteiger partial charge in [0.2, 0.25) is 5.91 Å². The molecule has 0 aromatic carbocycles. The molecular weight excluding hydrogens is 538 g/mol. The number of ether oxygens (including phenoxy) is 2. The Morgan fingerprint density at radius 2 is 1.19 bits per heavy atom. The summed E-state index contributed by atoms with van der Waals surface area (Å²) in [5.41, 5.74) is 0. The Hall–Kier alpha value is -0.810. The van der Waals surface area contributed by atoms with Gasteiger partial charge < -0.3 is 40.3 Å². The molecule has 0 saturated carbocycles. The van der Waals surface area contributed by atoms with Crippen molar-refractivity contribution in [3.8, 4) is 0 Å². The van der Waals surface area contributed by atoms with E-state index >= 15 is 0 Å². The number of rotatable bonds is 27. The van der Waals surface area contributed by atoms with E-state index in [4.69, 9.17) is 9.47 Å². The van der Waals surface area contributed by atoms with E-state index in [1.165, 1.54) is 83.5 Å². The van der Waals surface area contributed by atoms with Gasteiger partial charge in [-0.3, -0.25) is 4.79 Å². The van der Waals surface area contributed by atoms with Gasteiger partial charge in [0.1, 0.15) is 24.4 Å². The van der Waals surface area contributed by atoms with Crippen LogP contribution in [0.5, 0.6) is 0 Å². The van der Waals surface area contributed by atoms with E-state index in [9.17, 15) is 30.3 Å². The SMILES string of the molecule is CCCCCCCCCCCCCC(O)C(COC1OC(CO)C(O)C(O)C1O)NC(=O)CCCCCCCCCC.